The lowest BCUT2D eigenvalue weighted by atomic mass is 9.86. The standard InChI is InChI=1S/C16H20N2O5/c1-10-5-3-4-6-14(10)17-15(19)11-7-12(16(20)23-2)9-13(8-11)18(21)22/h7-10,14H,3-6H2,1-2H3,(H,17,19)/t10-,14-/m0/s1. The van der Waals surface area contributed by atoms with E-state index >= 15 is 0 Å². The summed E-state index contributed by atoms with van der Waals surface area (Å²) in [5.74, 6) is -0.752. The summed E-state index contributed by atoms with van der Waals surface area (Å²) < 4.78 is 4.58. The minimum atomic E-state index is -0.714. The first-order chi connectivity index (χ1) is 10.9. The lowest BCUT2D eigenvalue weighted by Crippen LogP contribution is -2.41. The first kappa shape index (κ1) is 16.9. The van der Waals surface area contributed by atoms with Gasteiger partial charge in [0.05, 0.1) is 17.6 Å². The Morgan fingerprint density at radius 1 is 1.22 bits per heavy atom. The van der Waals surface area contributed by atoms with Crippen molar-refractivity contribution in [2.75, 3.05) is 7.11 Å². The largest absolute Gasteiger partial charge is 0.465 e. The molecule has 0 aromatic heterocycles. The van der Waals surface area contributed by atoms with Crippen molar-refractivity contribution in [2.45, 2.75) is 38.6 Å². The smallest absolute Gasteiger partial charge is 0.338 e. The topological polar surface area (TPSA) is 98.5 Å². The van der Waals surface area contributed by atoms with E-state index in [2.05, 4.69) is 17.0 Å². The van der Waals surface area contributed by atoms with Crippen LogP contribution in [0.5, 0.6) is 0 Å². The van der Waals surface area contributed by atoms with Crippen molar-refractivity contribution >= 4 is 17.6 Å². The van der Waals surface area contributed by atoms with Crippen LogP contribution in [-0.4, -0.2) is 30.0 Å². The van der Waals surface area contributed by atoms with Gasteiger partial charge in [0.25, 0.3) is 11.6 Å². The van der Waals surface area contributed by atoms with Gasteiger partial charge in [0.15, 0.2) is 0 Å². The zero-order valence-electron chi connectivity index (χ0n) is 13.2. The molecule has 0 saturated heterocycles. The van der Waals surface area contributed by atoms with Gasteiger partial charge in [0.2, 0.25) is 0 Å². The van der Waals surface area contributed by atoms with Gasteiger partial charge in [-0.2, -0.15) is 0 Å². The van der Waals surface area contributed by atoms with Crippen LogP contribution in [-0.2, 0) is 4.74 Å². The second kappa shape index (κ2) is 7.21. The Labute approximate surface area is 134 Å². The third kappa shape index (κ3) is 4.06. The highest BCUT2D eigenvalue weighted by molar-refractivity contribution is 5.99. The molecule has 0 aliphatic heterocycles. The van der Waals surface area contributed by atoms with Crippen LogP contribution in [0.1, 0.15) is 53.3 Å². The monoisotopic (exact) mass is 320 g/mol. The molecule has 0 heterocycles. The molecule has 23 heavy (non-hydrogen) atoms. The van der Waals surface area contributed by atoms with E-state index in [1.54, 1.807) is 0 Å². The molecular formula is C16H20N2O5. The minimum Gasteiger partial charge on any atom is -0.465 e. The zero-order valence-corrected chi connectivity index (χ0v) is 13.2. The number of benzene rings is 1. The van der Waals surface area contributed by atoms with Crippen LogP contribution in [0.25, 0.3) is 0 Å². The molecule has 7 nitrogen and oxygen atoms in total. The van der Waals surface area contributed by atoms with Crippen molar-refractivity contribution in [1.82, 2.24) is 5.32 Å². The predicted molar refractivity (Wildman–Crippen MR) is 83.3 cm³/mol. The number of esters is 1. The molecule has 1 aromatic carbocycles. The fourth-order valence-corrected chi connectivity index (χ4v) is 2.87. The van der Waals surface area contributed by atoms with Crippen LogP contribution in [0.15, 0.2) is 18.2 Å². The van der Waals surface area contributed by atoms with Gasteiger partial charge in [-0.1, -0.05) is 19.8 Å². The maximum absolute atomic E-state index is 12.4. The molecule has 0 radical (unpaired) electrons. The summed E-state index contributed by atoms with van der Waals surface area (Å²) in [5, 5.41) is 13.9. The van der Waals surface area contributed by atoms with Crippen molar-refractivity contribution in [3.8, 4) is 0 Å². The summed E-state index contributed by atoms with van der Waals surface area (Å²) in [4.78, 5) is 34.4. The SMILES string of the molecule is COC(=O)c1cc(C(=O)N[C@H]2CCCC[C@@H]2C)cc([N+](=O)[O-])c1. The van der Waals surface area contributed by atoms with Gasteiger partial charge in [-0.3, -0.25) is 14.9 Å². The zero-order chi connectivity index (χ0) is 17.0. The Morgan fingerprint density at radius 2 is 1.87 bits per heavy atom. The number of rotatable bonds is 4. The normalized spacial score (nSPS) is 20.6. The Morgan fingerprint density at radius 3 is 2.48 bits per heavy atom. The number of hydrogen-bond acceptors (Lipinski definition) is 5. The molecule has 124 valence electrons. The first-order valence-corrected chi connectivity index (χ1v) is 7.61. The maximum atomic E-state index is 12.4. The maximum Gasteiger partial charge on any atom is 0.338 e. The highest BCUT2D eigenvalue weighted by atomic mass is 16.6. The van der Waals surface area contributed by atoms with Crippen LogP contribution in [0.4, 0.5) is 5.69 Å². The average Bonchev–Trinajstić information content (AvgIpc) is 2.55. The number of amides is 1. The molecule has 1 aliphatic rings. The van der Waals surface area contributed by atoms with E-state index in [0.29, 0.717) is 5.92 Å². The summed E-state index contributed by atoms with van der Waals surface area (Å²) >= 11 is 0. The van der Waals surface area contributed by atoms with E-state index < -0.39 is 16.8 Å². The fraction of sp³-hybridized carbons (Fsp3) is 0.500. The lowest BCUT2D eigenvalue weighted by Gasteiger charge is -2.29. The van der Waals surface area contributed by atoms with E-state index in [4.69, 9.17) is 0 Å². The minimum absolute atomic E-state index is 0.0106. The number of methoxy groups -OCH3 is 1. The summed E-state index contributed by atoms with van der Waals surface area (Å²) in [6, 6.07) is 3.65. The van der Waals surface area contributed by atoms with Gasteiger partial charge in [0, 0.05) is 23.7 Å². The molecule has 1 fully saturated rings. The fourth-order valence-electron chi connectivity index (χ4n) is 2.87. The number of carbonyl (C=O) groups excluding carboxylic acids is 2. The molecule has 2 rings (SSSR count). The molecule has 1 saturated carbocycles. The number of nitrogens with one attached hydrogen (secondary N) is 1. The van der Waals surface area contributed by atoms with E-state index in [9.17, 15) is 19.7 Å². The Hall–Kier alpha value is -2.44. The van der Waals surface area contributed by atoms with Gasteiger partial charge in [-0.25, -0.2) is 4.79 Å². The number of nitrogens with zero attached hydrogens (tertiary/aromatic N) is 1. The van der Waals surface area contributed by atoms with Gasteiger partial charge >= 0.3 is 5.97 Å². The van der Waals surface area contributed by atoms with Crippen molar-refractivity contribution < 1.29 is 19.2 Å². The first-order valence-electron chi connectivity index (χ1n) is 7.61. The average molecular weight is 320 g/mol. The summed E-state index contributed by atoms with van der Waals surface area (Å²) in [6.07, 6.45) is 4.15. The number of nitro groups is 1. The second-order valence-corrected chi connectivity index (χ2v) is 5.86. The second-order valence-electron chi connectivity index (χ2n) is 5.86. The van der Waals surface area contributed by atoms with Gasteiger partial charge in [-0.05, 0) is 24.8 Å². The summed E-state index contributed by atoms with van der Waals surface area (Å²) in [6.45, 7) is 2.08. The molecule has 0 bridgehead atoms. The molecule has 7 heteroatoms. The Kier molecular flexibility index (Phi) is 5.31. The van der Waals surface area contributed by atoms with E-state index in [-0.39, 0.29) is 22.9 Å². The third-order valence-corrected chi connectivity index (χ3v) is 4.24. The molecule has 0 spiro atoms. The van der Waals surface area contributed by atoms with Crippen LogP contribution < -0.4 is 5.32 Å². The van der Waals surface area contributed by atoms with Crippen molar-refractivity contribution in [2.24, 2.45) is 5.92 Å². The number of non-ortho nitro benzene ring substituents is 1. The predicted octanol–water partition coefficient (Wildman–Crippen LogP) is 2.69. The number of hydrogen-bond donors (Lipinski definition) is 1. The van der Waals surface area contributed by atoms with E-state index in [1.807, 2.05) is 0 Å². The molecule has 1 aliphatic carbocycles. The number of ether oxygens (including phenoxy) is 1. The lowest BCUT2D eigenvalue weighted by molar-refractivity contribution is -0.384. The third-order valence-electron chi connectivity index (χ3n) is 4.24. The molecule has 2 atom stereocenters. The summed E-state index contributed by atoms with van der Waals surface area (Å²) in [5.41, 5.74) is -0.226. The van der Waals surface area contributed by atoms with Crippen LogP contribution in [0, 0.1) is 16.0 Å². The highest BCUT2D eigenvalue weighted by Crippen LogP contribution is 2.24. The molecule has 1 N–H and O–H groups in total. The van der Waals surface area contributed by atoms with Gasteiger partial charge in [-0.15, -0.1) is 0 Å². The van der Waals surface area contributed by atoms with Crippen molar-refractivity contribution in [3.63, 3.8) is 0 Å². The van der Waals surface area contributed by atoms with Gasteiger partial charge in [0.1, 0.15) is 0 Å². The molecule has 1 amide bonds. The quantitative estimate of drug-likeness (QED) is 0.522. The van der Waals surface area contributed by atoms with Crippen molar-refractivity contribution in [1.29, 1.82) is 0 Å². The van der Waals surface area contributed by atoms with Crippen LogP contribution >= 0.6 is 0 Å². The Bertz CT molecular complexity index is 629. The van der Waals surface area contributed by atoms with E-state index in [0.717, 1.165) is 31.7 Å². The molecular weight excluding hydrogens is 300 g/mol. The van der Waals surface area contributed by atoms with Gasteiger partial charge < -0.3 is 10.1 Å². The Balaban J connectivity index is 2.26. The molecule has 1 aromatic rings. The van der Waals surface area contributed by atoms with E-state index in [1.165, 1.54) is 19.2 Å². The highest BCUT2D eigenvalue weighted by Gasteiger charge is 2.25. The van der Waals surface area contributed by atoms with Crippen LogP contribution in [0.2, 0.25) is 0 Å². The number of carbonyl (C=O) groups is 2. The summed E-state index contributed by atoms with van der Waals surface area (Å²) in [7, 11) is 1.19. The van der Waals surface area contributed by atoms with Crippen molar-refractivity contribution in [3.05, 3.63) is 39.4 Å². The molecule has 0 unspecified atom stereocenters. The number of nitro benzene ring substituents is 1. The van der Waals surface area contributed by atoms with Crippen LogP contribution in [0.3, 0.4) is 0 Å².